The lowest BCUT2D eigenvalue weighted by Gasteiger charge is -2.17. The number of likely N-dealkylation sites (tertiary alicyclic amines) is 1. The molecular weight excluding hydrogens is 374 g/mol. The molecule has 1 aliphatic rings. The van der Waals surface area contributed by atoms with E-state index in [-0.39, 0.29) is 11.8 Å². The van der Waals surface area contributed by atoms with Gasteiger partial charge < -0.3 is 14.2 Å². The van der Waals surface area contributed by atoms with E-state index in [1.54, 1.807) is 0 Å². The second-order valence-corrected chi connectivity index (χ2v) is 8.27. The summed E-state index contributed by atoms with van der Waals surface area (Å²) in [6.45, 7) is 9.21. The van der Waals surface area contributed by atoms with Gasteiger partial charge in [-0.1, -0.05) is 43.7 Å². The number of fused-ring (bicyclic) bond motifs is 1. The number of hydrogen-bond donors (Lipinski definition) is 0. The highest BCUT2D eigenvalue weighted by Gasteiger charge is 2.33. The molecule has 0 radical (unpaired) electrons. The first-order valence-corrected chi connectivity index (χ1v) is 11.0. The monoisotopic (exact) mass is 405 g/mol. The standard InChI is InChI=1S/C25H31N3O2/c1-4-5-13-27-17-20(16-23(27)29)25-26-21-11-6-7-12-22(21)28(25)14-15-30-24-18(2)9-8-10-19(24)3/h6-12,20H,4-5,13-17H2,1-3H3. The van der Waals surface area contributed by atoms with Crippen LogP contribution in [0.5, 0.6) is 5.75 Å². The largest absolute Gasteiger partial charge is 0.491 e. The van der Waals surface area contributed by atoms with E-state index in [0.717, 1.165) is 59.7 Å². The van der Waals surface area contributed by atoms with Crippen molar-refractivity contribution in [2.75, 3.05) is 19.7 Å². The van der Waals surface area contributed by atoms with Gasteiger partial charge in [-0.3, -0.25) is 4.79 Å². The number of rotatable bonds is 8. The summed E-state index contributed by atoms with van der Waals surface area (Å²) >= 11 is 0. The van der Waals surface area contributed by atoms with E-state index in [0.29, 0.717) is 19.6 Å². The van der Waals surface area contributed by atoms with Crippen molar-refractivity contribution in [3.05, 3.63) is 59.4 Å². The Balaban J connectivity index is 1.56. The molecule has 158 valence electrons. The number of para-hydroxylation sites is 3. The lowest BCUT2D eigenvalue weighted by Crippen LogP contribution is -2.26. The van der Waals surface area contributed by atoms with E-state index in [9.17, 15) is 4.79 Å². The summed E-state index contributed by atoms with van der Waals surface area (Å²) in [6.07, 6.45) is 2.70. The van der Waals surface area contributed by atoms with Crippen LogP contribution in [0.15, 0.2) is 42.5 Å². The van der Waals surface area contributed by atoms with E-state index in [1.165, 1.54) is 0 Å². The average molecular weight is 406 g/mol. The third-order valence-electron chi connectivity index (χ3n) is 6.02. The van der Waals surface area contributed by atoms with Crippen molar-refractivity contribution in [2.24, 2.45) is 0 Å². The summed E-state index contributed by atoms with van der Waals surface area (Å²) in [5.74, 6) is 2.36. The lowest BCUT2D eigenvalue weighted by atomic mass is 10.1. The number of aromatic nitrogens is 2. The number of imidazole rings is 1. The zero-order chi connectivity index (χ0) is 21.1. The molecule has 1 amide bonds. The third kappa shape index (κ3) is 4.07. The van der Waals surface area contributed by atoms with Crippen LogP contribution in [0.1, 0.15) is 49.1 Å². The second kappa shape index (κ2) is 8.90. The van der Waals surface area contributed by atoms with Crippen LogP contribution in [0.25, 0.3) is 11.0 Å². The van der Waals surface area contributed by atoms with E-state index >= 15 is 0 Å². The SMILES string of the molecule is CCCCN1CC(c2nc3ccccc3n2CCOc2c(C)cccc2C)CC1=O. The van der Waals surface area contributed by atoms with E-state index in [1.807, 2.05) is 23.1 Å². The Morgan fingerprint density at radius 3 is 2.60 bits per heavy atom. The molecule has 1 aliphatic heterocycles. The maximum atomic E-state index is 12.5. The average Bonchev–Trinajstić information content (AvgIpc) is 3.29. The van der Waals surface area contributed by atoms with Gasteiger partial charge in [0.15, 0.2) is 0 Å². The van der Waals surface area contributed by atoms with Crippen LogP contribution in [-0.2, 0) is 11.3 Å². The first-order valence-electron chi connectivity index (χ1n) is 11.0. The van der Waals surface area contributed by atoms with Gasteiger partial charge in [0.05, 0.1) is 17.6 Å². The summed E-state index contributed by atoms with van der Waals surface area (Å²) < 4.78 is 8.43. The molecule has 30 heavy (non-hydrogen) atoms. The fraction of sp³-hybridized carbons (Fsp3) is 0.440. The van der Waals surface area contributed by atoms with Crippen LogP contribution in [0.4, 0.5) is 0 Å². The van der Waals surface area contributed by atoms with Gasteiger partial charge in [-0.05, 0) is 43.5 Å². The van der Waals surface area contributed by atoms with Crippen LogP contribution >= 0.6 is 0 Å². The number of aryl methyl sites for hydroxylation is 2. The summed E-state index contributed by atoms with van der Waals surface area (Å²) in [5.41, 5.74) is 4.40. The predicted molar refractivity (Wildman–Crippen MR) is 120 cm³/mol. The number of carbonyl (C=O) groups is 1. The molecule has 1 aromatic heterocycles. The molecule has 0 N–H and O–H groups in total. The molecule has 4 rings (SSSR count). The summed E-state index contributed by atoms with van der Waals surface area (Å²) in [6, 6.07) is 14.4. The van der Waals surface area contributed by atoms with Crippen molar-refractivity contribution in [3.63, 3.8) is 0 Å². The van der Waals surface area contributed by atoms with Gasteiger partial charge in [0, 0.05) is 25.4 Å². The summed E-state index contributed by atoms with van der Waals surface area (Å²) in [4.78, 5) is 19.5. The Morgan fingerprint density at radius 2 is 1.83 bits per heavy atom. The molecule has 1 unspecified atom stereocenters. The fourth-order valence-electron chi connectivity index (χ4n) is 4.42. The highest BCUT2D eigenvalue weighted by Crippen LogP contribution is 2.31. The van der Waals surface area contributed by atoms with Crippen LogP contribution in [0.2, 0.25) is 0 Å². The number of hydrogen-bond acceptors (Lipinski definition) is 3. The van der Waals surface area contributed by atoms with Gasteiger partial charge >= 0.3 is 0 Å². The number of benzene rings is 2. The quantitative estimate of drug-likeness (QED) is 0.538. The Labute approximate surface area is 178 Å². The molecule has 0 saturated carbocycles. The molecule has 0 aliphatic carbocycles. The maximum Gasteiger partial charge on any atom is 0.223 e. The predicted octanol–water partition coefficient (Wildman–Crippen LogP) is 4.85. The van der Waals surface area contributed by atoms with Gasteiger partial charge in [-0.25, -0.2) is 4.98 Å². The van der Waals surface area contributed by atoms with Crippen LogP contribution in [0.3, 0.4) is 0 Å². The van der Waals surface area contributed by atoms with E-state index < -0.39 is 0 Å². The van der Waals surface area contributed by atoms with Crippen molar-refractivity contribution < 1.29 is 9.53 Å². The van der Waals surface area contributed by atoms with Crippen LogP contribution in [0, 0.1) is 13.8 Å². The van der Waals surface area contributed by atoms with Gasteiger partial charge in [0.1, 0.15) is 18.2 Å². The third-order valence-corrected chi connectivity index (χ3v) is 6.02. The minimum atomic E-state index is 0.141. The Kier molecular flexibility index (Phi) is 6.07. The number of amides is 1. The molecule has 5 nitrogen and oxygen atoms in total. The summed E-state index contributed by atoms with van der Waals surface area (Å²) in [5, 5.41) is 0. The molecule has 3 aromatic rings. The molecule has 2 aromatic carbocycles. The molecule has 0 bridgehead atoms. The van der Waals surface area contributed by atoms with Gasteiger partial charge in [0.2, 0.25) is 5.91 Å². The zero-order valence-corrected chi connectivity index (χ0v) is 18.2. The van der Waals surface area contributed by atoms with Crippen molar-refractivity contribution in [1.29, 1.82) is 0 Å². The minimum absolute atomic E-state index is 0.141. The Bertz CT molecular complexity index is 1020. The van der Waals surface area contributed by atoms with Gasteiger partial charge in [-0.2, -0.15) is 0 Å². The molecule has 5 heteroatoms. The van der Waals surface area contributed by atoms with E-state index in [2.05, 4.69) is 49.6 Å². The number of unbranched alkanes of at least 4 members (excludes halogenated alkanes) is 1. The highest BCUT2D eigenvalue weighted by atomic mass is 16.5. The van der Waals surface area contributed by atoms with Crippen molar-refractivity contribution in [3.8, 4) is 5.75 Å². The minimum Gasteiger partial charge on any atom is -0.491 e. The second-order valence-electron chi connectivity index (χ2n) is 8.27. The maximum absolute atomic E-state index is 12.5. The Morgan fingerprint density at radius 1 is 1.07 bits per heavy atom. The van der Waals surface area contributed by atoms with Crippen molar-refractivity contribution >= 4 is 16.9 Å². The molecule has 1 fully saturated rings. The van der Waals surface area contributed by atoms with Gasteiger partial charge in [-0.15, -0.1) is 0 Å². The number of nitrogens with zero attached hydrogens (tertiary/aromatic N) is 3. The molecular formula is C25H31N3O2. The van der Waals surface area contributed by atoms with E-state index in [4.69, 9.17) is 9.72 Å². The topological polar surface area (TPSA) is 47.4 Å². The molecule has 0 spiro atoms. The number of carbonyl (C=O) groups excluding carboxylic acids is 1. The first-order chi connectivity index (χ1) is 14.6. The number of ether oxygens (including phenoxy) is 1. The normalized spacial score (nSPS) is 16.6. The molecule has 1 saturated heterocycles. The smallest absolute Gasteiger partial charge is 0.223 e. The van der Waals surface area contributed by atoms with Crippen molar-refractivity contribution in [2.45, 2.75) is 52.5 Å². The fourth-order valence-corrected chi connectivity index (χ4v) is 4.42. The Hall–Kier alpha value is -2.82. The van der Waals surface area contributed by atoms with Crippen LogP contribution < -0.4 is 4.74 Å². The van der Waals surface area contributed by atoms with Gasteiger partial charge in [0.25, 0.3) is 0 Å². The van der Waals surface area contributed by atoms with Crippen LogP contribution in [-0.4, -0.2) is 40.1 Å². The van der Waals surface area contributed by atoms with Crippen molar-refractivity contribution in [1.82, 2.24) is 14.5 Å². The molecule has 1 atom stereocenters. The lowest BCUT2D eigenvalue weighted by molar-refractivity contribution is -0.127. The zero-order valence-electron chi connectivity index (χ0n) is 18.2. The molecule has 2 heterocycles. The summed E-state index contributed by atoms with van der Waals surface area (Å²) in [7, 11) is 0. The highest BCUT2D eigenvalue weighted by molar-refractivity contribution is 5.80. The first kappa shape index (κ1) is 20.5.